The van der Waals surface area contributed by atoms with Crippen molar-refractivity contribution in [1.82, 2.24) is 9.88 Å². The number of nitrogens with one attached hydrogen (secondary N) is 1. The predicted molar refractivity (Wildman–Crippen MR) is 88.4 cm³/mol. The molecule has 1 aliphatic heterocycles. The predicted octanol–water partition coefficient (Wildman–Crippen LogP) is 3.56. The summed E-state index contributed by atoms with van der Waals surface area (Å²) in [7, 11) is 0. The maximum Gasteiger partial charge on any atom is 0.401 e. The second kappa shape index (κ2) is 6.84. The molecule has 132 valence electrons. The zero-order valence-corrected chi connectivity index (χ0v) is 13.7. The molecule has 0 spiro atoms. The minimum atomic E-state index is -4.21. The van der Waals surface area contributed by atoms with Gasteiger partial charge in [0.05, 0.1) is 12.1 Å². The fraction of sp³-hybridized carbons (Fsp3) is 0.333. The van der Waals surface area contributed by atoms with E-state index in [2.05, 4.69) is 10.3 Å². The molecule has 2 aromatic rings. The van der Waals surface area contributed by atoms with Crippen molar-refractivity contribution in [3.8, 4) is 0 Å². The molecule has 0 saturated heterocycles. The smallest absolute Gasteiger partial charge is 0.322 e. The highest BCUT2D eigenvalue weighted by Crippen LogP contribution is 2.28. The molecule has 0 aliphatic carbocycles. The summed E-state index contributed by atoms with van der Waals surface area (Å²) in [6, 6.07) is 8.72. The number of aromatic nitrogens is 1. The van der Waals surface area contributed by atoms with Gasteiger partial charge < -0.3 is 5.32 Å². The molecular weight excluding hydrogens is 331 g/mol. The lowest BCUT2D eigenvalue weighted by Crippen LogP contribution is -2.38. The Hall–Kier alpha value is -2.41. The second-order valence-corrected chi connectivity index (χ2v) is 6.11. The van der Waals surface area contributed by atoms with Gasteiger partial charge in [-0.2, -0.15) is 13.2 Å². The van der Waals surface area contributed by atoms with Gasteiger partial charge in [0.25, 0.3) is 5.91 Å². The Morgan fingerprint density at radius 2 is 2.08 bits per heavy atom. The molecule has 1 aromatic heterocycles. The summed E-state index contributed by atoms with van der Waals surface area (Å²) in [5.41, 5.74) is 3.47. The van der Waals surface area contributed by atoms with Crippen molar-refractivity contribution in [2.75, 3.05) is 18.4 Å². The van der Waals surface area contributed by atoms with Crippen LogP contribution in [0.5, 0.6) is 0 Å². The van der Waals surface area contributed by atoms with E-state index in [1.54, 1.807) is 37.4 Å². The Morgan fingerprint density at radius 3 is 2.80 bits per heavy atom. The molecule has 2 heterocycles. The van der Waals surface area contributed by atoms with Gasteiger partial charge in [0.2, 0.25) is 0 Å². The highest BCUT2D eigenvalue weighted by molar-refractivity contribution is 6.05. The summed E-state index contributed by atoms with van der Waals surface area (Å²) in [5, 5.41) is 2.87. The molecule has 0 atom stereocenters. The number of anilines is 1. The summed E-state index contributed by atoms with van der Waals surface area (Å²) < 4.78 is 37.8. The lowest BCUT2D eigenvalue weighted by Gasteiger charge is -2.30. The zero-order valence-electron chi connectivity index (χ0n) is 13.7. The van der Waals surface area contributed by atoms with Crippen molar-refractivity contribution in [2.45, 2.75) is 26.1 Å². The van der Waals surface area contributed by atoms with E-state index in [9.17, 15) is 18.0 Å². The molecule has 3 rings (SSSR count). The van der Waals surface area contributed by atoms with Gasteiger partial charge in [-0.15, -0.1) is 0 Å². The van der Waals surface area contributed by atoms with Crippen LogP contribution in [0.2, 0.25) is 0 Å². The number of benzene rings is 1. The molecule has 1 N–H and O–H groups in total. The van der Waals surface area contributed by atoms with E-state index in [1.165, 1.54) is 4.90 Å². The maximum absolute atomic E-state index is 12.6. The standard InChI is InChI=1S/C18H18F3N3O/c1-12-14(5-3-8-22-12)17(25)23-16-6-2-4-13-10-24(9-7-15(13)16)11-18(19,20)21/h2-6,8H,7,9-11H2,1H3,(H,23,25). The first-order chi connectivity index (χ1) is 11.8. The van der Waals surface area contributed by atoms with Crippen LogP contribution in [0.3, 0.4) is 0 Å². The second-order valence-electron chi connectivity index (χ2n) is 6.11. The van der Waals surface area contributed by atoms with Crippen molar-refractivity contribution < 1.29 is 18.0 Å². The van der Waals surface area contributed by atoms with Crippen molar-refractivity contribution >= 4 is 11.6 Å². The first-order valence-corrected chi connectivity index (χ1v) is 7.96. The van der Waals surface area contributed by atoms with E-state index in [0.717, 1.165) is 11.1 Å². The van der Waals surface area contributed by atoms with E-state index < -0.39 is 12.7 Å². The van der Waals surface area contributed by atoms with E-state index >= 15 is 0 Å². The zero-order chi connectivity index (χ0) is 18.0. The van der Waals surface area contributed by atoms with Crippen LogP contribution in [-0.2, 0) is 13.0 Å². The number of halogens is 3. The van der Waals surface area contributed by atoms with Crippen LogP contribution < -0.4 is 5.32 Å². The fourth-order valence-electron chi connectivity index (χ4n) is 3.09. The fourth-order valence-corrected chi connectivity index (χ4v) is 3.09. The third kappa shape index (κ3) is 4.17. The van der Waals surface area contributed by atoms with Gasteiger partial charge in [-0.3, -0.25) is 14.7 Å². The van der Waals surface area contributed by atoms with E-state index in [1.807, 2.05) is 6.07 Å². The normalized spacial score (nSPS) is 14.9. The number of hydrogen-bond acceptors (Lipinski definition) is 3. The molecule has 4 nitrogen and oxygen atoms in total. The number of rotatable bonds is 3. The summed E-state index contributed by atoms with van der Waals surface area (Å²) in [4.78, 5) is 17.9. The summed E-state index contributed by atoms with van der Waals surface area (Å²) >= 11 is 0. The quantitative estimate of drug-likeness (QED) is 0.922. The van der Waals surface area contributed by atoms with Gasteiger partial charge in [0.15, 0.2) is 0 Å². The van der Waals surface area contributed by atoms with Crippen LogP contribution in [-0.4, -0.2) is 35.1 Å². The number of nitrogens with zero attached hydrogens (tertiary/aromatic N) is 2. The molecule has 0 fully saturated rings. The number of hydrogen-bond donors (Lipinski definition) is 1. The molecule has 7 heteroatoms. The average molecular weight is 349 g/mol. The lowest BCUT2D eigenvalue weighted by atomic mass is 9.97. The number of carbonyl (C=O) groups excluding carboxylic acids is 1. The van der Waals surface area contributed by atoms with Crippen molar-refractivity contribution in [1.29, 1.82) is 0 Å². The first-order valence-electron chi connectivity index (χ1n) is 7.96. The van der Waals surface area contributed by atoms with E-state index in [4.69, 9.17) is 0 Å². The highest BCUT2D eigenvalue weighted by atomic mass is 19.4. The lowest BCUT2D eigenvalue weighted by molar-refractivity contribution is -0.147. The average Bonchev–Trinajstić information content (AvgIpc) is 2.53. The number of fused-ring (bicyclic) bond motifs is 1. The molecule has 1 aliphatic rings. The Kier molecular flexibility index (Phi) is 4.76. The third-order valence-corrected chi connectivity index (χ3v) is 4.25. The Bertz CT molecular complexity index is 789. The molecule has 0 unspecified atom stereocenters. The van der Waals surface area contributed by atoms with Gasteiger partial charge in [-0.25, -0.2) is 0 Å². The van der Waals surface area contributed by atoms with Gasteiger partial charge in [0, 0.05) is 30.7 Å². The molecule has 0 radical (unpaired) electrons. The third-order valence-electron chi connectivity index (χ3n) is 4.25. The number of aryl methyl sites for hydroxylation is 1. The monoisotopic (exact) mass is 349 g/mol. The molecular formula is C18H18F3N3O. The SMILES string of the molecule is Cc1ncccc1C(=O)Nc1cccc2c1CCN(CC(F)(F)F)C2. The van der Waals surface area contributed by atoms with Gasteiger partial charge in [-0.1, -0.05) is 12.1 Å². The number of amides is 1. The van der Waals surface area contributed by atoms with Crippen LogP contribution in [0.25, 0.3) is 0 Å². The largest absolute Gasteiger partial charge is 0.401 e. The summed E-state index contributed by atoms with van der Waals surface area (Å²) in [5.74, 6) is -0.267. The van der Waals surface area contributed by atoms with Gasteiger partial charge >= 0.3 is 6.18 Å². The van der Waals surface area contributed by atoms with Crippen LogP contribution >= 0.6 is 0 Å². The number of carbonyl (C=O) groups is 1. The molecule has 1 aromatic carbocycles. The van der Waals surface area contributed by atoms with Gasteiger partial charge in [-0.05, 0) is 42.7 Å². The molecule has 0 bridgehead atoms. The van der Waals surface area contributed by atoms with E-state index in [-0.39, 0.29) is 12.5 Å². The maximum atomic E-state index is 12.6. The van der Waals surface area contributed by atoms with Crippen LogP contribution in [0.15, 0.2) is 36.5 Å². The Balaban J connectivity index is 1.78. The first kappa shape index (κ1) is 17.4. The topological polar surface area (TPSA) is 45.2 Å². The Labute approximate surface area is 143 Å². The van der Waals surface area contributed by atoms with Crippen LogP contribution in [0.4, 0.5) is 18.9 Å². The molecule has 25 heavy (non-hydrogen) atoms. The minimum absolute atomic E-state index is 0.227. The minimum Gasteiger partial charge on any atom is -0.322 e. The van der Waals surface area contributed by atoms with Crippen LogP contribution in [0, 0.1) is 6.92 Å². The van der Waals surface area contributed by atoms with Gasteiger partial charge in [0.1, 0.15) is 0 Å². The Morgan fingerprint density at radius 1 is 1.28 bits per heavy atom. The van der Waals surface area contributed by atoms with Crippen LogP contribution in [0.1, 0.15) is 27.2 Å². The van der Waals surface area contributed by atoms with E-state index in [0.29, 0.717) is 29.9 Å². The summed E-state index contributed by atoms with van der Waals surface area (Å²) in [6.45, 7) is 1.37. The number of pyridine rings is 1. The van der Waals surface area contributed by atoms with Crippen molar-refractivity contribution in [3.05, 3.63) is 58.9 Å². The highest BCUT2D eigenvalue weighted by Gasteiger charge is 2.32. The summed E-state index contributed by atoms with van der Waals surface area (Å²) in [6.07, 6.45) is -2.12. The number of alkyl halides is 3. The van der Waals surface area contributed by atoms with Crippen molar-refractivity contribution in [2.24, 2.45) is 0 Å². The molecule has 1 amide bonds. The molecule has 0 saturated carbocycles. The van der Waals surface area contributed by atoms with Crippen molar-refractivity contribution in [3.63, 3.8) is 0 Å².